The van der Waals surface area contributed by atoms with Gasteiger partial charge in [-0.1, -0.05) is 37.4 Å². The summed E-state index contributed by atoms with van der Waals surface area (Å²) in [5.74, 6) is 0. The Morgan fingerprint density at radius 1 is 1.17 bits per heavy atom. The molecule has 1 N–H and O–H groups in total. The van der Waals surface area contributed by atoms with E-state index in [1.807, 2.05) is 19.1 Å². The molecule has 0 fully saturated rings. The molecular formula is C22H27OS+. The van der Waals surface area contributed by atoms with E-state index in [9.17, 15) is 0 Å². The summed E-state index contributed by atoms with van der Waals surface area (Å²) in [5, 5.41) is 10.1. The number of aliphatic hydroxyl groups is 1. The number of rotatable bonds is 5. The van der Waals surface area contributed by atoms with Gasteiger partial charge in [0, 0.05) is 27.9 Å². The standard InChI is InChI=1S/C20H23OS.C2H4/c1-5-7-8-20-16(4)15(3)19(6-2)22(20)18-11-9-17(10-12-18)13-14-21;1-2/h5-12,21H,2,4,13-14H2,1,3H3;1-2H2/q+1;/b7-5-,20-8+;. The molecule has 2 aromatic rings. The van der Waals surface area contributed by atoms with E-state index in [1.54, 1.807) is 0 Å². The molecule has 0 aliphatic heterocycles. The third-order valence-corrected chi connectivity index (χ3v) is 6.22. The first-order valence-corrected chi connectivity index (χ1v) is 9.16. The average molecular weight is 340 g/mol. The maximum atomic E-state index is 9.04. The Morgan fingerprint density at radius 3 is 2.29 bits per heavy atom. The fraction of sp³-hybridized carbons (Fsp3) is 0.182. The monoisotopic (exact) mass is 339 g/mol. The zero-order valence-corrected chi connectivity index (χ0v) is 15.5. The van der Waals surface area contributed by atoms with Gasteiger partial charge in [-0.15, -0.1) is 13.2 Å². The average Bonchev–Trinajstić information content (AvgIpc) is 2.86. The molecule has 1 aromatic carbocycles. The van der Waals surface area contributed by atoms with E-state index >= 15 is 0 Å². The first kappa shape index (κ1) is 19.9. The largest absolute Gasteiger partial charge is 0.396 e. The Kier molecular flexibility index (Phi) is 8.17. The van der Waals surface area contributed by atoms with Crippen LogP contribution in [0.3, 0.4) is 0 Å². The van der Waals surface area contributed by atoms with Crippen molar-refractivity contribution in [3.05, 3.63) is 81.9 Å². The fourth-order valence-corrected chi connectivity index (χ4v) is 4.86. The molecule has 0 amide bonds. The van der Waals surface area contributed by atoms with E-state index in [1.165, 1.54) is 19.9 Å². The van der Waals surface area contributed by atoms with Crippen molar-refractivity contribution >= 4 is 29.2 Å². The minimum Gasteiger partial charge on any atom is -0.396 e. The second-order valence-electron chi connectivity index (χ2n) is 5.15. The van der Waals surface area contributed by atoms with Crippen LogP contribution in [0.25, 0.3) is 23.6 Å². The quantitative estimate of drug-likeness (QED) is 0.629. The molecule has 126 valence electrons. The lowest BCUT2D eigenvalue weighted by Crippen LogP contribution is -2.19. The number of thiophene rings is 1. The van der Waals surface area contributed by atoms with Gasteiger partial charge in [0.25, 0.3) is 0 Å². The highest BCUT2D eigenvalue weighted by atomic mass is 32.2. The minimum atomic E-state index is -0.131. The number of hydrogen-bond donors (Lipinski definition) is 1. The second-order valence-corrected chi connectivity index (χ2v) is 7.12. The summed E-state index contributed by atoms with van der Waals surface area (Å²) < 4.78 is 1.26. The molecular weight excluding hydrogens is 312 g/mol. The Bertz CT molecular complexity index is 807. The SMILES string of the molecule is C=C.C=Cc1c(C)c(=C)/c(=C\C=C/C)[s+]1-c1ccc(CCO)cc1. The zero-order valence-electron chi connectivity index (χ0n) is 14.7. The fourth-order valence-electron chi connectivity index (χ4n) is 2.49. The van der Waals surface area contributed by atoms with E-state index < -0.39 is 0 Å². The Labute approximate surface area is 148 Å². The highest BCUT2D eigenvalue weighted by molar-refractivity contribution is 7.39. The van der Waals surface area contributed by atoms with Crippen molar-refractivity contribution in [2.24, 2.45) is 0 Å². The number of aliphatic hydroxyl groups excluding tert-OH is 1. The van der Waals surface area contributed by atoms with Crippen LogP contribution in [0.1, 0.15) is 22.9 Å². The summed E-state index contributed by atoms with van der Waals surface area (Å²) in [6, 6.07) is 8.52. The summed E-state index contributed by atoms with van der Waals surface area (Å²) in [7, 11) is -0.131. The van der Waals surface area contributed by atoms with Crippen LogP contribution in [0.4, 0.5) is 0 Å². The summed E-state index contributed by atoms with van der Waals surface area (Å²) in [4.78, 5) is 2.53. The van der Waals surface area contributed by atoms with Gasteiger partial charge in [-0.3, -0.25) is 0 Å². The third-order valence-electron chi connectivity index (χ3n) is 3.74. The predicted octanol–water partition coefficient (Wildman–Crippen LogP) is 4.48. The summed E-state index contributed by atoms with van der Waals surface area (Å²) in [6.45, 7) is 18.6. The van der Waals surface area contributed by atoms with Crippen molar-refractivity contribution in [2.75, 3.05) is 6.61 Å². The molecule has 0 saturated carbocycles. The summed E-state index contributed by atoms with van der Waals surface area (Å²) in [5.41, 5.74) is 2.39. The molecule has 2 heteroatoms. The predicted molar refractivity (Wildman–Crippen MR) is 111 cm³/mol. The number of benzene rings is 1. The molecule has 1 aromatic heterocycles. The van der Waals surface area contributed by atoms with Gasteiger partial charge < -0.3 is 5.11 Å². The van der Waals surface area contributed by atoms with Crippen LogP contribution in [0, 0.1) is 6.92 Å². The topological polar surface area (TPSA) is 20.2 Å². The minimum absolute atomic E-state index is 0.131. The Balaban J connectivity index is 0.00000139. The number of hydrogen-bond acceptors (Lipinski definition) is 1. The highest BCUT2D eigenvalue weighted by Gasteiger charge is 2.22. The highest BCUT2D eigenvalue weighted by Crippen LogP contribution is 2.32. The van der Waals surface area contributed by atoms with Crippen LogP contribution in [0.5, 0.6) is 0 Å². The lowest BCUT2D eigenvalue weighted by atomic mass is 10.2. The van der Waals surface area contributed by atoms with E-state index in [0.717, 1.165) is 10.8 Å². The maximum Gasteiger partial charge on any atom is 0.186 e. The molecule has 0 spiro atoms. The first-order chi connectivity index (χ1) is 11.6. The third kappa shape index (κ3) is 4.22. The maximum absolute atomic E-state index is 9.04. The van der Waals surface area contributed by atoms with Crippen LogP contribution in [-0.4, -0.2) is 11.7 Å². The molecule has 24 heavy (non-hydrogen) atoms. The van der Waals surface area contributed by atoms with E-state index in [-0.39, 0.29) is 17.1 Å². The van der Waals surface area contributed by atoms with Crippen molar-refractivity contribution in [3.63, 3.8) is 0 Å². The smallest absolute Gasteiger partial charge is 0.186 e. The number of allylic oxidation sites excluding steroid dienone is 2. The second kappa shape index (κ2) is 9.86. The van der Waals surface area contributed by atoms with Gasteiger partial charge in [0.15, 0.2) is 14.3 Å². The Hall–Kier alpha value is -2.16. The molecule has 1 atom stereocenters. The van der Waals surface area contributed by atoms with Crippen molar-refractivity contribution in [2.45, 2.75) is 20.3 Å². The van der Waals surface area contributed by atoms with E-state index in [0.29, 0.717) is 6.42 Å². The van der Waals surface area contributed by atoms with Crippen LogP contribution in [0.15, 0.2) is 56.2 Å². The van der Waals surface area contributed by atoms with Gasteiger partial charge in [0.1, 0.15) is 0 Å². The van der Waals surface area contributed by atoms with Gasteiger partial charge in [-0.05, 0) is 50.1 Å². The van der Waals surface area contributed by atoms with Gasteiger partial charge in [-0.25, -0.2) is 0 Å². The lowest BCUT2D eigenvalue weighted by molar-refractivity contribution is 0.299. The van der Waals surface area contributed by atoms with E-state index in [4.69, 9.17) is 5.11 Å². The van der Waals surface area contributed by atoms with Gasteiger partial charge in [0.2, 0.25) is 0 Å². The van der Waals surface area contributed by atoms with Crippen LogP contribution < -0.4 is 9.75 Å². The molecule has 0 aliphatic carbocycles. The summed E-state index contributed by atoms with van der Waals surface area (Å²) >= 11 is 0. The van der Waals surface area contributed by atoms with Crippen LogP contribution >= 0.6 is 10.5 Å². The molecule has 2 rings (SSSR count). The van der Waals surface area contributed by atoms with Gasteiger partial charge in [0.05, 0.1) is 0 Å². The Morgan fingerprint density at radius 2 is 1.79 bits per heavy atom. The van der Waals surface area contributed by atoms with Crippen molar-refractivity contribution in [1.82, 2.24) is 0 Å². The molecule has 0 saturated heterocycles. The first-order valence-electron chi connectivity index (χ1n) is 7.94. The van der Waals surface area contributed by atoms with Crippen molar-refractivity contribution in [3.8, 4) is 4.90 Å². The molecule has 1 nitrogen and oxygen atoms in total. The normalized spacial score (nSPS) is 12.1. The summed E-state index contributed by atoms with van der Waals surface area (Å²) in [6.07, 6.45) is 8.92. The van der Waals surface area contributed by atoms with Crippen molar-refractivity contribution in [1.29, 1.82) is 0 Å². The molecule has 0 radical (unpaired) electrons. The van der Waals surface area contributed by atoms with E-state index in [2.05, 4.69) is 69.7 Å². The van der Waals surface area contributed by atoms with Gasteiger partial charge >= 0.3 is 0 Å². The zero-order chi connectivity index (χ0) is 18.1. The molecule has 1 unspecified atom stereocenters. The molecule has 0 bridgehead atoms. The van der Waals surface area contributed by atoms with Crippen LogP contribution in [-0.2, 0) is 6.42 Å². The molecule has 1 heterocycles. The van der Waals surface area contributed by atoms with Gasteiger partial charge in [-0.2, -0.15) is 0 Å². The van der Waals surface area contributed by atoms with Crippen molar-refractivity contribution < 1.29 is 5.11 Å². The van der Waals surface area contributed by atoms with Crippen LogP contribution in [0.2, 0.25) is 0 Å². The molecule has 0 aliphatic rings. The lowest BCUT2D eigenvalue weighted by Gasteiger charge is -1.98.